The fourth-order valence-corrected chi connectivity index (χ4v) is 11.8. The van der Waals surface area contributed by atoms with E-state index in [1.807, 2.05) is 0 Å². The van der Waals surface area contributed by atoms with Gasteiger partial charge in [-0.2, -0.15) is 0 Å². The Kier molecular flexibility index (Phi) is 7.52. The van der Waals surface area contributed by atoms with Crippen molar-refractivity contribution in [3.8, 4) is 16.8 Å². The van der Waals surface area contributed by atoms with Crippen LogP contribution in [0.25, 0.3) is 60.2 Å². The van der Waals surface area contributed by atoms with Gasteiger partial charge in [0, 0.05) is 33.1 Å². The largest absolute Gasteiger partial charge is 0.310 e. The third-order valence-corrected chi connectivity index (χ3v) is 14.3. The summed E-state index contributed by atoms with van der Waals surface area (Å²) in [6, 6.07) is 65.8. The van der Waals surface area contributed by atoms with Crippen molar-refractivity contribution >= 4 is 60.4 Å². The maximum absolute atomic E-state index is 2.50. The molecule has 13 rings (SSSR count). The first kappa shape index (κ1) is 33.1. The molecule has 0 saturated heterocycles. The van der Waals surface area contributed by atoms with E-state index in [2.05, 4.69) is 185 Å². The van der Waals surface area contributed by atoms with Gasteiger partial charge >= 0.3 is 0 Å². The average Bonchev–Trinajstić information content (AvgIpc) is 3.85. The summed E-state index contributed by atoms with van der Waals surface area (Å²) in [6.45, 7) is 0. The van der Waals surface area contributed by atoms with Gasteiger partial charge in [-0.15, -0.1) is 0 Å². The van der Waals surface area contributed by atoms with Crippen LogP contribution in [0.1, 0.15) is 50.5 Å². The number of hydrogen-bond acceptors (Lipinski definition) is 1. The summed E-state index contributed by atoms with van der Waals surface area (Å²) in [6.07, 6.45) is 9.95. The minimum Gasteiger partial charge on any atom is -0.310 e. The van der Waals surface area contributed by atoms with Crippen LogP contribution in [0.5, 0.6) is 0 Å². The highest BCUT2D eigenvalue weighted by Gasteiger charge is 2.48. The lowest BCUT2D eigenvalue weighted by atomic mass is 9.60. The van der Waals surface area contributed by atoms with Gasteiger partial charge in [0.05, 0.1) is 22.4 Å². The zero-order valence-corrected chi connectivity index (χ0v) is 32.3. The molecule has 4 fully saturated rings. The lowest BCUT2D eigenvalue weighted by molar-refractivity contribution is 0.101. The van der Waals surface area contributed by atoms with Crippen molar-refractivity contribution in [2.45, 2.75) is 50.4 Å². The second kappa shape index (κ2) is 13.0. The first-order valence-corrected chi connectivity index (χ1v) is 21.2. The van der Waals surface area contributed by atoms with Gasteiger partial charge < -0.3 is 9.47 Å². The van der Waals surface area contributed by atoms with Crippen molar-refractivity contribution in [3.05, 3.63) is 181 Å². The van der Waals surface area contributed by atoms with Crippen LogP contribution in [-0.4, -0.2) is 4.57 Å². The van der Waals surface area contributed by atoms with Crippen LogP contribution in [0.3, 0.4) is 0 Å². The third-order valence-electron chi connectivity index (χ3n) is 14.3. The summed E-state index contributed by atoms with van der Waals surface area (Å²) < 4.78 is 2.44. The summed E-state index contributed by atoms with van der Waals surface area (Å²) in [5.41, 5.74) is 11.6. The fourth-order valence-electron chi connectivity index (χ4n) is 11.8. The monoisotopic (exact) mass is 734 g/mol. The van der Waals surface area contributed by atoms with Crippen LogP contribution in [0.15, 0.2) is 176 Å². The second-order valence-electron chi connectivity index (χ2n) is 17.5. The van der Waals surface area contributed by atoms with Crippen molar-refractivity contribution in [1.82, 2.24) is 4.57 Å². The van der Waals surface area contributed by atoms with Gasteiger partial charge in [-0.25, -0.2) is 0 Å². The quantitative estimate of drug-likeness (QED) is 0.154. The number of anilines is 3. The van der Waals surface area contributed by atoms with E-state index < -0.39 is 0 Å². The minimum atomic E-state index is 0.352. The van der Waals surface area contributed by atoms with Gasteiger partial charge in [0.1, 0.15) is 0 Å². The van der Waals surface area contributed by atoms with Crippen LogP contribution in [0.4, 0.5) is 17.1 Å². The predicted octanol–water partition coefficient (Wildman–Crippen LogP) is 15.1. The molecule has 0 amide bonds. The van der Waals surface area contributed by atoms with Gasteiger partial charge in [-0.05, 0) is 144 Å². The molecule has 0 aliphatic heterocycles. The summed E-state index contributed by atoms with van der Waals surface area (Å²) in [7, 11) is 0. The molecule has 4 bridgehead atoms. The topological polar surface area (TPSA) is 8.17 Å². The van der Waals surface area contributed by atoms with Crippen molar-refractivity contribution in [2.75, 3.05) is 4.90 Å². The Morgan fingerprint density at radius 1 is 0.474 bits per heavy atom. The zero-order valence-electron chi connectivity index (χ0n) is 32.3. The van der Waals surface area contributed by atoms with Gasteiger partial charge in [0.15, 0.2) is 0 Å². The number of hydrogen-bond donors (Lipinski definition) is 0. The minimum absolute atomic E-state index is 0.352. The lowest BCUT2D eigenvalue weighted by Crippen LogP contribution is -2.36. The Bertz CT molecular complexity index is 2910. The number of nitrogens with zero attached hydrogens (tertiary/aromatic N) is 2. The van der Waals surface area contributed by atoms with Crippen LogP contribution in [-0.2, 0) is 5.41 Å². The number of benzene rings is 8. The smallest absolute Gasteiger partial charge is 0.0546 e. The molecular weight excluding hydrogens is 689 g/mol. The molecule has 8 aromatic carbocycles. The van der Waals surface area contributed by atoms with Gasteiger partial charge in [-0.3, -0.25) is 0 Å². The average molecular weight is 735 g/mol. The van der Waals surface area contributed by atoms with E-state index in [1.54, 1.807) is 5.56 Å². The van der Waals surface area contributed by atoms with Crippen molar-refractivity contribution in [1.29, 1.82) is 0 Å². The molecule has 2 heteroatoms. The standard InChI is InChI=1S/C55H46N2/c1-2-12-45-41(11-1)34-54(48-15-4-3-14-47(45)48)56(44-27-23-42(24-28-44)55-30-29-37(35-55)31-38-32-39(33-38)36-55)43-25-21-40(22-26-43)46-13-5-8-18-51(46)57-52-19-9-6-16-49(52)50-17-7-10-20-53(50)57/h1-28,34,37-39H,29-33,35-36H2/t37-,38-,39-,55?/m0/s1. The van der Waals surface area contributed by atoms with Crippen LogP contribution < -0.4 is 4.90 Å². The van der Waals surface area contributed by atoms with E-state index in [9.17, 15) is 0 Å². The molecule has 0 spiro atoms. The zero-order chi connectivity index (χ0) is 37.5. The number of fused-ring (bicyclic) bond motifs is 6. The van der Waals surface area contributed by atoms with E-state index in [1.165, 1.54) is 116 Å². The molecule has 1 unspecified atom stereocenters. The highest BCUT2D eigenvalue weighted by atomic mass is 15.1. The third kappa shape index (κ3) is 5.30. The molecule has 57 heavy (non-hydrogen) atoms. The first-order chi connectivity index (χ1) is 28.2. The van der Waals surface area contributed by atoms with Gasteiger partial charge in [0.25, 0.3) is 0 Å². The molecular formula is C55H46N2. The summed E-state index contributed by atoms with van der Waals surface area (Å²) in [5, 5.41) is 7.66. The normalized spacial score (nSPS) is 21.4. The molecule has 0 N–H and O–H groups in total. The molecule has 9 aromatic rings. The molecule has 276 valence electrons. The Morgan fingerprint density at radius 3 is 1.77 bits per heavy atom. The van der Waals surface area contributed by atoms with Gasteiger partial charge in [0.2, 0.25) is 0 Å². The summed E-state index contributed by atoms with van der Waals surface area (Å²) >= 11 is 0. The Labute approximate surface area is 335 Å². The molecule has 2 atom stereocenters. The fraction of sp³-hybridized carbons (Fsp3) is 0.200. The van der Waals surface area contributed by atoms with E-state index in [4.69, 9.17) is 0 Å². The maximum atomic E-state index is 2.50. The van der Waals surface area contributed by atoms with Crippen LogP contribution in [0.2, 0.25) is 0 Å². The number of aromatic nitrogens is 1. The number of rotatable bonds is 6. The summed E-state index contributed by atoms with van der Waals surface area (Å²) in [5.74, 6) is 2.85. The van der Waals surface area contributed by atoms with Crippen LogP contribution in [0, 0.1) is 17.8 Å². The van der Waals surface area contributed by atoms with Gasteiger partial charge in [-0.1, -0.05) is 127 Å². The lowest BCUT2D eigenvalue weighted by Gasteiger charge is -2.45. The molecule has 1 aromatic heterocycles. The predicted molar refractivity (Wildman–Crippen MR) is 240 cm³/mol. The van der Waals surface area contributed by atoms with Crippen molar-refractivity contribution < 1.29 is 0 Å². The maximum Gasteiger partial charge on any atom is 0.0546 e. The first-order valence-electron chi connectivity index (χ1n) is 21.2. The van der Waals surface area contributed by atoms with Crippen LogP contribution >= 0.6 is 0 Å². The highest BCUT2D eigenvalue weighted by Crippen LogP contribution is 2.58. The Hall–Kier alpha value is -6.12. The van der Waals surface area contributed by atoms with Crippen molar-refractivity contribution in [2.24, 2.45) is 17.8 Å². The Morgan fingerprint density at radius 2 is 1.04 bits per heavy atom. The van der Waals surface area contributed by atoms with E-state index in [0.29, 0.717) is 5.41 Å². The molecule has 2 nitrogen and oxygen atoms in total. The molecule has 4 saturated carbocycles. The molecule has 4 aliphatic carbocycles. The SMILES string of the molecule is c1ccc(-n2c3ccccc3c3ccccc32)c(-c2ccc(N(c3ccc(C45CC[C@H](C4)C[C@H]4C[C@H](C5)C4)cc3)c3cc4ccccc4c4ccccc34)cc2)c1. The van der Waals surface area contributed by atoms with E-state index in [-0.39, 0.29) is 0 Å². The highest BCUT2D eigenvalue weighted by molar-refractivity contribution is 6.14. The summed E-state index contributed by atoms with van der Waals surface area (Å²) in [4.78, 5) is 2.50. The molecule has 0 radical (unpaired) electrons. The Balaban J connectivity index is 0.994. The molecule has 1 heterocycles. The number of para-hydroxylation sites is 3. The molecule has 4 aliphatic rings. The van der Waals surface area contributed by atoms with E-state index in [0.717, 1.165) is 23.4 Å². The van der Waals surface area contributed by atoms with Crippen molar-refractivity contribution in [3.63, 3.8) is 0 Å². The second-order valence-corrected chi connectivity index (χ2v) is 17.5. The van der Waals surface area contributed by atoms with E-state index >= 15 is 0 Å².